The molecule has 110 valence electrons. The van der Waals surface area contributed by atoms with Crippen LogP contribution in [0.2, 0.25) is 9.36 Å². The van der Waals surface area contributed by atoms with Crippen molar-refractivity contribution in [3.05, 3.63) is 50.1 Å². The minimum Gasteiger partial charge on any atom is -0.326 e. The lowest BCUT2D eigenvalue weighted by Gasteiger charge is -2.09. The van der Waals surface area contributed by atoms with E-state index >= 15 is 0 Å². The summed E-state index contributed by atoms with van der Waals surface area (Å²) in [4.78, 5) is 24.4. The topological polar surface area (TPSA) is 46.2 Å². The Balaban J connectivity index is 1.90. The average molecular weight is 342 g/mol. The summed E-state index contributed by atoms with van der Waals surface area (Å²) in [5, 5.41) is 3.36. The summed E-state index contributed by atoms with van der Waals surface area (Å²) in [6.07, 6.45) is 0.280. The number of hydrogen-bond acceptors (Lipinski definition) is 3. The Hall–Kier alpha value is -1.36. The molecule has 21 heavy (non-hydrogen) atoms. The summed E-state index contributed by atoms with van der Waals surface area (Å²) in [6, 6.07) is 8.66. The van der Waals surface area contributed by atoms with Gasteiger partial charge in [-0.1, -0.05) is 29.3 Å². The van der Waals surface area contributed by atoms with E-state index in [1.165, 1.54) is 11.3 Å². The number of amides is 1. The molecule has 2 rings (SSSR count). The molecule has 0 saturated carbocycles. The number of halogens is 2. The lowest BCUT2D eigenvalue weighted by atomic mass is 10.1. The van der Waals surface area contributed by atoms with Crippen LogP contribution in [0.4, 0.5) is 5.69 Å². The largest absolute Gasteiger partial charge is 0.326 e. The fourth-order valence-corrected chi connectivity index (χ4v) is 2.96. The Bertz CT molecular complexity index is 682. The van der Waals surface area contributed by atoms with Crippen LogP contribution in [0.1, 0.15) is 28.1 Å². The molecule has 0 saturated heterocycles. The zero-order valence-corrected chi connectivity index (χ0v) is 13.6. The van der Waals surface area contributed by atoms with Gasteiger partial charge in [0, 0.05) is 23.6 Å². The Morgan fingerprint density at radius 3 is 2.57 bits per heavy atom. The van der Waals surface area contributed by atoms with Crippen LogP contribution in [0.15, 0.2) is 30.3 Å². The van der Waals surface area contributed by atoms with Crippen molar-refractivity contribution in [2.24, 2.45) is 0 Å². The zero-order valence-electron chi connectivity index (χ0n) is 11.3. The Kier molecular flexibility index (Phi) is 5.39. The monoisotopic (exact) mass is 341 g/mol. The fourth-order valence-electron chi connectivity index (χ4n) is 1.77. The van der Waals surface area contributed by atoms with Gasteiger partial charge < -0.3 is 5.32 Å². The van der Waals surface area contributed by atoms with Gasteiger partial charge in [-0.15, -0.1) is 11.3 Å². The summed E-state index contributed by atoms with van der Waals surface area (Å²) in [7, 11) is 0. The summed E-state index contributed by atoms with van der Waals surface area (Å²) in [5.41, 5.74) is 1.47. The Labute approximate surface area is 136 Å². The van der Waals surface area contributed by atoms with E-state index in [1.807, 2.05) is 6.92 Å². The van der Waals surface area contributed by atoms with Crippen LogP contribution in [0.5, 0.6) is 0 Å². The van der Waals surface area contributed by atoms with E-state index in [2.05, 4.69) is 5.32 Å². The molecule has 6 heteroatoms. The first-order chi connectivity index (χ1) is 9.97. The molecule has 0 unspecified atom stereocenters. The Morgan fingerprint density at radius 2 is 1.90 bits per heavy atom. The molecule has 3 nitrogen and oxygen atoms in total. The van der Waals surface area contributed by atoms with Crippen molar-refractivity contribution in [3.63, 3.8) is 0 Å². The first-order valence-corrected chi connectivity index (χ1v) is 7.88. The van der Waals surface area contributed by atoms with Crippen molar-refractivity contribution in [1.82, 2.24) is 0 Å². The number of rotatable bonds is 5. The van der Waals surface area contributed by atoms with E-state index in [0.29, 0.717) is 19.9 Å². The second-order valence-electron chi connectivity index (χ2n) is 4.49. The van der Waals surface area contributed by atoms with Crippen molar-refractivity contribution in [2.75, 3.05) is 5.32 Å². The number of benzene rings is 1. The third-order valence-electron chi connectivity index (χ3n) is 2.97. The highest BCUT2D eigenvalue weighted by Gasteiger charge is 2.12. The van der Waals surface area contributed by atoms with Gasteiger partial charge in [0.1, 0.15) is 0 Å². The molecule has 0 aliphatic heterocycles. The maximum Gasteiger partial charge on any atom is 0.224 e. The van der Waals surface area contributed by atoms with Gasteiger partial charge in [0.2, 0.25) is 5.91 Å². The van der Waals surface area contributed by atoms with Gasteiger partial charge in [-0.05, 0) is 36.8 Å². The van der Waals surface area contributed by atoms with Crippen LogP contribution >= 0.6 is 34.5 Å². The predicted molar refractivity (Wildman–Crippen MR) is 87.7 cm³/mol. The van der Waals surface area contributed by atoms with E-state index in [0.717, 1.165) is 5.56 Å². The number of Topliss-reactive ketones (excluding diaryl/α,β-unsaturated/α-hetero) is 1. The average Bonchev–Trinajstić information content (AvgIpc) is 2.88. The third-order valence-corrected chi connectivity index (χ3v) is 4.65. The van der Waals surface area contributed by atoms with E-state index in [4.69, 9.17) is 23.2 Å². The lowest BCUT2D eigenvalue weighted by Crippen LogP contribution is -2.14. The van der Waals surface area contributed by atoms with E-state index in [9.17, 15) is 9.59 Å². The summed E-state index contributed by atoms with van der Waals surface area (Å²) in [6.45, 7) is 1.83. The first-order valence-electron chi connectivity index (χ1n) is 6.31. The van der Waals surface area contributed by atoms with Crippen LogP contribution in [0.3, 0.4) is 0 Å². The molecule has 0 bridgehead atoms. The van der Waals surface area contributed by atoms with Gasteiger partial charge in [-0.3, -0.25) is 9.59 Å². The van der Waals surface area contributed by atoms with E-state index < -0.39 is 0 Å². The highest BCUT2D eigenvalue weighted by molar-refractivity contribution is 7.18. The van der Waals surface area contributed by atoms with Crippen LogP contribution in [0, 0.1) is 6.92 Å². The summed E-state index contributed by atoms with van der Waals surface area (Å²) < 4.78 is 0.567. The standard InChI is InChI=1S/C15H13Cl2NO2S/c1-9-10(16)3-2-4-11(9)18-15(20)8-5-12(19)13-6-7-14(17)21-13/h2-4,6-7H,5,8H2,1H3,(H,18,20). The number of ketones is 1. The maximum absolute atomic E-state index is 11.9. The van der Waals surface area contributed by atoms with Crippen molar-refractivity contribution in [1.29, 1.82) is 0 Å². The molecular weight excluding hydrogens is 329 g/mol. The molecule has 0 aliphatic rings. The van der Waals surface area contributed by atoms with Crippen LogP contribution in [-0.4, -0.2) is 11.7 Å². The molecule has 0 atom stereocenters. The van der Waals surface area contributed by atoms with Crippen molar-refractivity contribution in [2.45, 2.75) is 19.8 Å². The van der Waals surface area contributed by atoms with Crippen molar-refractivity contribution >= 4 is 51.9 Å². The molecule has 1 heterocycles. The number of carbonyl (C=O) groups excluding carboxylic acids is 2. The van der Waals surface area contributed by atoms with Crippen LogP contribution < -0.4 is 5.32 Å². The number of hydrogen-bond donors (Lipinski definition) is 1. The molecule has 1 aromatic carbocycles. The fraction of sp³-hybridized carbons (Fsp3) is 0.200. The lowest BCUT2D eigenvalue weighted by molar-refractivity contribution is -0.116. The zero-order chi connectivity index (χ0) is 15.4. The second kappa shape index (κ2) is 7.07. The van der Waals surface area contributed by atoms with E-state index in [-0.39, 0.29) is 24.5 Å². The molecule has 0 radical (unpaired) electrons. The SMILES string of the molecule is Cc1c(Cl)cccc1NC(=O)CCC(=O)c1ccc(Cl)s1. The maximum atomic E-state index is 11.9. The first kappa shape index (κ1) is 16.0. The molecule has 1 aromatic heterocycles. The molecule has 2 aromatic rings. The predicted octanol–water partition coefficient (Wildman–Crippen LogP) is 4.96. The number of anilines is 1. The third kappa shape index (κ3) is 4.30. The molecular formula is C15H13Cl2NO2S. The molecule has 0 aliphatic carbocycles. The highest BCUT2D eigenvalue weighted by Crippen LogP contribution is 2.24. The normalized spacial score (nSPS) is 10.4. The van der Waals surface area contributed by atoms with E-state index in [1.54, 1.807) is 30.3 Å². The van der Waals surface area contributed by atoms with Gasteiger partial charge in [0.15, 0.2) is 5.78 Å². The van der Waals surface area contributed by atoms with Crippen molar-refractivity contribution in [3.8, 4) is 0 Å². The molecule has 1 amide bonds. The quantitative estimate of drug-likeness (QED) is 0.780. The van der Waals surface area contributed by atoms with Crippen LogP contribution in [0.25, 0.3) is 0 Å². The van der Waals surface area contributed by atoms with Gasteiger partial charge in [0.05, 0.1) is 9.21 Å². The molecule has 1 N–H and O–H groups in total. The van der Waals surface area contributed by atoms with Crippen molar-refractivity contribution < 1.29 is 9.59 Å². The van der Waals surface area contributed by atoms with Gasteiger partial charge in [-0.25, -0.2) is 0 Å². The Morgan fingerprint density at radius 1 is 1.14 bits per heavy atom. The summed E-state index contributed by atoms with van der Waals surface area (Å²) in [5.74, 6) is -0.291. The minimum atomic E-state index is -0.212. The molecule has 0 fully saturated rings. The van der Waals surface area contributed by atoms with Gasteiger partial charge >= 0.3 is 0 Å². The minimum absolute atomic E-state index is 0.0788. The number of nitrogens with one attached hydrogen (secondary N) is 1. The van der Waals surface area contributed by atoms with Gasteiger partial charge in [0.25, 0.3) is 0 Å². The smallest absolute Gasteiger partial charge is 0.224 e. The second-order valence-corrected chi connectivity index (χ2v) is 6.61. The molecule has 0 spiro atoms. The van der Waals surface area contributed by atoms with Crippen LogP contribution in [-0.2, 0) is 4.79 Å². The van der Waals surface area contributed by atoms with Gasteiger partial charge in [-0.2, -0.15) is 0 Å². The summed E-state index contributed by atoms with van der Waals surface area (Å²) >= 11 is 13.0. The number of thiophene rings is 1. The number of carbonyl (C=O) groups is 2. The highest BCUT2D eigenvalue weighted by atomic mass is 35.5.